The molecule has 0 radical (unpaired) electrons. The van der Waals surface area contributed by atoms with E-state index in [2.05, 4.69) is 47.4 Å². The van der Waals surface area contributed by atoms with Gasteiger partial charge in [0.05, 0.1) is 19.4 Å². The van der Waals surface area contributed by atoms with Crippen molar-refractivity contribution in [3.8, 4) is 22.8 Å². The standard InChI is InChI=1S/C26H29N5O2/c1-19-8-9-21(16-20(19)2)23-18-28-31-24(27-10-11-30-12-14-32-15-13-30)17-25(29-26(23)31)33-22-6-4-3-5-7-22/h3-9,16-18,27H,10-15H2,1-2H3. The van der Waals surface area contributed by atoms with E-state index in [9.17, 15) is 0 Å². The molecule has 0 amide bonds. The van der Waals surface area contributed by atoms with Gasteiger partial charge >= 0.3 is 0 Å². The van der Waals surface area contributed by atoms with E-state index in [0.717, 1.165) is 67.7 Å². The topological polar surface area (TPSA) is 63.9 Å². The summed E-state index contributed by atoms with van der Waals surface area (Å²) in [6, 6.07) is 18.1. The molecule has 7 nitrogen and oxygen atoms in total. The predicted molar refractivity (Wildman–Crippen MR) is 130 cm³/mol. The number of para-hydroxylation sites is 1. The van der Waals surface area contributed by atoms with Gasteiger partial charge in [0.2, 0.25) is 5.88 Å². The fourth-order valence-corrected chi connectivity index (χ4v) is 4.01. The minimum Gasteiger partial charge on any atom is -0.439 e. The smallest absolute Gasteiger partial charge is 0.224 e. The molecule has 1 N–H and O–H groups in total. The Bertz CT molecular complexity index is 1230. The molecule has 1 aliphatic heterocycles. The summed E-state index contributed by atoms with van der Waals surface area (Å²) < 4.78 is 13.4. The highest BCUT2D eigenvalue weighted by atomic mass is 16.5. The van der Waals surface area contributed by atoms with Crippen molar-refractivity contribution in [2.75, 3.05) is 44.7 Å². The van der Waals surface area contributed by atoms with Crippen LogP contribution in [0.4, 0.5) is 5.82 Å². The van der Waals surface area contributed by atoms with Crippen LogP contribution in [0.5, 0.6) is 11.6 Å². The van der Waals surface area contributed by atoms with Gasteiger partial charge in [-0.05, 0) is 42.7 Å². The van der Waals surface area contributed by atoms with Crippen molar-refractivity contribution in [3.63, 3.8) is 0 Å². The normalized spacial score (nSPS) is 14.5. The molecule has 4 aromatic rings. The van der Waals surface area contributed by atoms with Gasteiger partial charge in [-0.3, -0.25) is 4.90 Å². The summed E-state index contributed by atoms with van der Waals surface area (Å²) >= 11 is 0. The van der Waals surface area contributed by atoms with Gasteiger partial charge < -0.3 is 14.8 Å². The minimum absolute atomic E-state index is 0.535. The van der Waals surface area contributed by atoms with E-state index in [4.69, 9.17) is 14.5 Å². The van der Waals surface area contributed by atoms with Gasteiger partial charge in [0.1, 0.15) is 11.6 Å². The second kappa shape index (κ2) is 9.60. The van der Waals surface area contributed by atoms with Gasteiger partial charge in [0.25, 0.3) is 0 Å². The molecule has 0 saturated carbocycles. The number of rotatable bonds is 7. The van der Waals surface area contributed by atoms with E-state index in [-0.39, 0.29) is 0 Å². The first-order valence-electron chi connectivity index (χ1n) is 11.4. The fraction of sp³-hybridized carbons (Fsp3) is 0.308. The number of aromatic nitrogens is 3. The lowest BCUT2D eigenvalue weighted by molar-refractivity contribution is 0.0398. The summed E-state index contributed by atoms with van der Waals surface area (Å²) in [5.41, 5.74) is 5.35. The van der Waals surface area contributed by atoms with Crippen LogP contribution in [0.3, 0.4) is 0 Å². The second-order valence-electron chi connectivity index (χ2n) is 8.37. The van der Waals surface area contributed by atoms with Crippen LogP contribution in [0, 0.1) is 13.8 Å². The third kappa shape index (κ3) is 4.84. The summed E-state index contributed by atoms with van der Waals surface area (Å²) in [7, 11) is 0. The van der Waals surface area contributed by atoms with Gasteiger partial charge in [-0.1, -0.05) is 36.4 Å². The zero-order chi connectivity index (χ0) is 22.6. The number of nitrogens with zero attached hydrogens (tertiary/aromatic N) is 4. The molecule has 0 aliphatic carbocycles. The van der Waals surface area contributed by atoms with E-state index in [1.807, 2.05) is 47.1 Å². The number of fused-ring (bicyclic) bond motifs is 1. The Balaban J connectivity index is 1.48. The maximum Gasteiger partial charge on any atom is 0.224 e. The van der Waals surface area contributed by atoms with Gasteiger partial charge in [0.15, 0.2) is 5.65 Å². The molecule has 1 saturated heterocycles. The van der Waals surface area contributed by atoms with Crippen LogP contribution in [0.1, 0.15) is 11.1 Å². The number of hydrogen-bond acceptors (Lipinski definition) is 6. The molecule has 5 rings (SSSR count). The maximum absolute atomic E-state index is 6.11. The Morgan fingerprint density at radius 3 is 2.61 bits per heavy atom. The van der Waals surface area contributed by atoms with E-state index in [0.29, 0.717) is 5.88 Å². The van der Waals surface area contributed by atoms with Crippen molar-refractivity contribution < 1.29 is 9.47 Å². The molecule has 3 heterocycles. The number of hydrogen-bond donors (Lipinski definition) is 1. The molecular formula is C26H29N5O2. The number of nitrogens with one attached hydrogen (secondary N) is 1. The van der Waals surface area contributed by atoms with Crippen LogP contribution in [0.25, 0.3) is 16.8 Å². The van der Waals surface area contributed by atoms with Crippen LogP contribution in [0.15, 0.2) is 60.8 Å². The lowest BCUT2D eigenvalue weighted by Gasteiger charge is -2.26. The number of benzene rings is 2. The molecule has 2 aromatic heterocycles. The highest BCUT2D eigenvalue weighted by molar-refractivity contribution is 5.79. The van der Waals surface area contributed by atoms with Crippen molar-refractivity contribution in [1.82, 2.24) is 19.5 Å². The van der Waals surface area contributed by atoms with Crippen LogP contribution in [0.2, 0.25) is 0 Å². The quantitative estimate of drug-likeness (QED) is 0.452. The lowest BCUT2D eigenvalue weighted by atomic mass is 10.0. The Morgan fingerprint density at radius 2 is 1.82 bits per heavy atom. The highest BCUT2D eigenvalue weighted by Crippen LogP contribution is 2.30. The third-order valence-corrected chi connectivity index (χ3v) is 6.07. The molecule has 0 atom stereocenters. The van der Waals surface area contributed by atoms with Crippen molar-refractivity contribution in [1.29, 1.82) is 0 Å². The first kappa shape index (κ1) is 21.4. The van der Waals surface area contributed by atoms with Gasteiger partial charge in [-0.25, -0.2) is 0 Å². The van der Waals surface area contributed by atoms with Crippen molar-refractivity contribution in [2.24, 2.45) is 0 Å². The predicted octanol–water partition coefficient (Wildman–Crippen LogP) is 4.55. The Kier molecular flexibility index (Phi) is 6.24. The van der Waals surface area contributed by atoms with E-state index < -0.39 is 0 Å². The number of anilines is 1. The minimum atomic E-state index is 0.535. The molecule has 1 fully saturated rings. The van der Waals surface area contributed by atoms with Crippen LogP contribution in [-0.4, -0.2) is 58.9 Å². The first-order valence-corrected chi connectivity index (χ1v) is 11.4. The highest BCUT2D eigenvalue weighted by Gasteiger charge is 2.16. The van der Waals surface area contributed by atoms with Crippen LogP contribution in [-0.2, 0) is 4.74 Å². The molecule has 0 unspecified atom stereocenters. The molecule has 2 aromatic carbocycles. The molecule has 170 valence electrons. The average molecular weight is 444 g/mol. The Hall–Kier alpha value is -3.42. The second-order valence-corrected chi connectivity index (χ2v) is 8.37. The Morgan fingerprint density at radius 1 is 1.00 bits per heavy atom. The Labute approximate surface area is 194 Å². The number of ether oxygens (including phenoxy) is 2. The van der Waals surface area contributed by atoms with E-state index >= 15 is 0 Å². The first-order chi connectivity index (χ1) is 16.2. The van der Waals surface area contributed by atoms with Crippen molar-refractivity contribution in [3.05, 3.63) is 71.9 Å². The molecule has 0 spiro atoms. The lowest BCUT2D eigenvalue weighted by Crippen LogP contribution is -2.39. The number of aryl methyl sites for hydroxylation is 2. The monoisotopic (exact) mass is 443 g/mol. The zero-order valence-corrected chi connectivity index (χ0v) is 19.1. The van der Waals surface area contributed by atoms with Gasteiger partial charge in [-0.2, -0.15) is 14.6 Å². The van der Waals surface area contributed by atoms with Crippen molar-refractivity contribution >= 4 is 11.5 Å². The SMILES string of the molecule is Cc1ccc(-c2cnn3c(NCCN4CCOCC4)cc(Oc4ccccc4)nc23)cc1C. The number of morpholine rings is 1. The van der Waals surface area contributed by atoms with Crippen LogP contribution >= 0.6 is 0 Å². The molecule has 1 aliphatic rings. The molecule has 7 heteroatoms. The van der Waals surface area contributed by atoms with E-state index in [1.165, 1.54) is 11.1 Å². The van der Waals surface area contributed by atoms with Crippen LogP contribution < -0.4 is 10.1 Å². The summed E-state index contributed by atoms with van der Waals surface area (Å²) in [6.07, 6.45) is 1.88. The van der Waals surface area contributed by atoms with E-state index in [1.54, 1.807) is 0 Å². The summed E-state index contributed by atoms with van der Waals surface area (Å²) in [6.45, 7) is 9.51. The zero-order valence-electron chi connectivity index (χ0n) is 19.1. The largest absolute Gasteiger partial charge is 0.439 e. The maximum atomic E-state index is 6.11. The summed E-state index contributed by atoms with van der Waals surface area (Å²) in [4.78, 5) is 7.23. The van der Waals surface area contributed by atoms with Gasteiger partial charge in [0, 0.05) is 37.8 Å². The fourth-order valence-electron chi connectivity index (χ4n) is 4.01. The van der Waals surface area contributed by atoms with Gasteiger partial charge in [-0.15, -0.1) is 0 Å². The molecule has 0 bridgehead atoms. The summed E-state index contributed by atoms with van der Waals surface area (Å²) in [5, 5.41) is 8.21. The van der Waals surface area contributed by atoms with Crippen molar-refractivity contribution in [2.45, 2.75) is 13.8 Å². The summed E-state index contributed by atoms with van der Waals surface area (Å²) in [5.74, 6) is 2.14. The third-order valence-electron chi connectivity index (χ3n) is 6.07. The average Bonchev–Trinajstić information content (AvgIpc) is 3.26. The molecular weight excluding hydrogens is 414 g/mol. The molecule has 33 heavy (non-hydrogen) atoms.